The molecule has 1 saturated heterocycles. The highest BCUT2D eigenvalue weighted by atomic mass is 35.5. The maximum absolute atomic E-state index is 13.6. The molecular formula is C25H37Cl2N3O. The first-order valence-electron chi connectivity index (χ1n) is 10.9. The van der Waals surface area contributed by atoms with Gasteiger partial charge in [-0.15, -0.1) is 24.8 Å². The van der Waals surface area contributed by atoms with E-state index >= 15 is 0 Å². The van der Waals surface area contributed by atoms with Gasteiger partial charge in [-0.25, -0.2) is 0 Å². The van der Waals surface area contributed by atoms with Crippen molar-refractivity contribution in [3.05, 3.63) is 71.8 Å². The summed E-state index contributed by atoms with van der Waals surface area (Å²) in [6.07, 6.45) is 2.84. The molecule has 31 heavy (non-hydrogen) atoms. The van der Waals surface area contributed by atoms with Crippen molar-refractivity contribution in [1.29, 1.82) is 0 Å². The van der Waals surface area contributed by atoms with Crippen molar-refractivity contribution >= 4 is 30.7 Å². The molecule has 1 aliphatic heterocycles. The fourth-order valence-corrected chi connectivity index (χ4v) is 4.86. The lowest BCUT2D eigenvalue weighted by atomic mass is 9.79. The Morgan fingerprint density at radius 3 is 2.00 bits per heavy atom. The molecule has 2 atom stereocenters. The monoisotopic (exact) mass is 465 g/mol. The van der Waals surface area contributed by atoms with Gasteiger partial charge in [-0.3, -0.25) is 4.79 Å². The van der Waals surface area contributed by atoms with Crippen molar-refractivity contribution in [3.8, 4) is 0 Å². The summed E-state index contributed by atoms with van der Waals surface area (Å²) < 4.78 is 0. The number of carbonyl (C=O) groups excluding carboxylic acids is 1. The molecule has 2 unspecified atom stereocenters. The van der Waals surface area contributed by atoms with Gasteiger partial charge in [0, 0.05) is 25.2 Å². The van der Waals surface area contributed by atoms with Crippen LogP contribution in [-0.4, -0.2) is 44.5 Å². The third kappa shape index (κ3) is 6.23. The average Bonchev–Trinajstić information content (AvgIpc) is 2.80. The van der Waals surface area contributed by atoms with Crippen LogP contribution in [0.15, 0.2) is 60.7 Å². The van der Waals surface area contributed by atoms with Crippen molar-refractivity contribution in [2.45, 2.75) is 37.6 Å². The van der Waals surface area contributed by atoms with Crippen LogP contribution in [0.4, 0.5) is 0 Å². The summed E-state index contributed by atoms with van der Waals surface area (Å²) in [4.78, 5) is 15.7. The number of hydrogen-bond acceptors (Lipinski definition) is 3. The minimum Gasteiger partial charge on any atom is -0.342 e. The Bertz CT molecular complexity index is 765. The lowest BCUT2D eigenvalue weighted by molar-refractivity contribution is -0.138. The summed E-state index contributed by atoms with van der Waals surface area (Å²) in [6, 6.07) is 21.1. The lowest BCUT2D eigenvalue weighted by Gasteiger charge is -2.43. The normalized spacial score (nSPS) is 17.1. The smallest absolute Gasteiger partial charge is 0.227 e. The molecule has 0 radical (unpaired) electrons. The second-order valence-electron chi connectivity index (χ2n) is 8.11. The van der Waals surface area contributed by atoms with E-state index in [1.165, 1.54) is 11.1 Å². The van der Waals surface area contributed by atoms with Gasteiger partial charge in [0.15, 0.2) is 0 Å². The zero-order valence-corrected chi connectivity index (χ0v) is 20.5. The van der Waals surface area contributed by atoms with Crippen molar-refractivity contribution in [1.82, 2.24) is 15.5 Å². The summed E-state index contributed by atoms with van der Waals surface area (Å²) in [7, 11) is 3.98. The first-order chi connectivity index (χ1) is 14.1. The first kappa shape index (κ1) is 27.4. The van der Waals surface area contributed by atoms with E-state index in [4.69, 9.17) is 0 Å². The SMILES string of the molecule is CCC(c1ccccc1)C(CNC)C(=O)N1CCC(NC)(c2ccccc2)CC1.Cl.Cl. The summed E-state index contributed by atoms with van der Waals surface area (Å²) in [5.41, 5.74) is 2.53. The number of carbonyl (C=O) groups is 1. The van der Waals surface area contributed by atoms with E-state index in [9.17, 15) is 4.79 Å². The summed E-state index contributed by atoms with van der Waals surface area (Å²) in [5.74, 6) is 0.486. The summed E-state index contributed by atoms with van der Waals surface area (Å²) in [6.45, 7) is 4.48. The van der Waals surface area contributed by atoms with Gasteiger partial charge in [-0.1, -0.05) is 67.6 Å². The summed E-state index contributed by atoms with van der Waals surface area (Å²) in [5, 5.41) is 6.82. The van der Waals surface area contributed by atoms with Crippen LogP contribution in [0.25, 0.3) is 0 Å². The second kappa shape index (κ2) is 13.1. The Morgan fingerprint density at radius 1 is 0.968 bits per heavy atom. The highest BCUT2D eigenvalue weighted by Crippen LogP contribution is 2.35. The van der Waals surface area contributed by atoms with Crippen LogP contribution in [-0.2, 0) is 10.3 Å². The van der Waals surface area contributed by atoms with E-state index in [-0.39, 0.29) is 48.1 Å². The van der Waals surface area contributed by atoms with E-state index < -0.39 is 0 Å². The molecule has 0 spiro atoms. The van der Waals surface area contributed by atoms with Crippen LogP contribution in [0.2, 0.25) is 0 Å². The molecular weight excluding hydrogens is 429 g/mol. The van der Waals surface area contributed by atoms with Gasteiger partial charge in [-0.05, 0) is 50.4 Å². The van der Waals surface area contributed by atoms with Crippen LogP contribution in [0.1, 0.15) is 43.2 Å². The van der Waals surface area contributed by atoms with E-state index in [1.54, 1.807) is 0 Å². The number of halogens is 2. The van der Waals surface area contributed by atoms with Gasteiger partial charge in [0.05, 0.1) is 5.92 Å². The van der Waals surface area contributed by atoms with Gasteiger partial charge >= 0.3 is 0 Å². The van der Waals surface area contributed by atoms with Crippen LogP contribution in [0.5, 0.6) is 0 Å². The molecule has 4 nitrogen and oxygen atoms in total. The van der Waals surface area contributed by atoms with E-state index in [0.29, 0.717) is 6.54 Å². The molecule has 2 aromatic rings. The second-order valence-corrected chi connectivity index (χ2v) is 8.11. The molecule has 0 bridgehead atoms. The topological polar surface area (TPSA) is 44.4 Å². The van der Waals surface area contributed by atoms with Gasteiger partial charge in [0.25, 0.3) is 0 Å². The predicted octanol–water partition coefficient (Wildman–Crippen LogP) is 4.60. The number of nitrogens with zero attached hydrogens (tertiary/aromatic N) is 1. The Balaban J connectivity index is 0.00000240. The van der Waals surface area contributed by atoms with Gasteiger partial charge < -0.3 is 15.5 Å². The van der Waals surface area contributed by atoms with Crippen molar-refractivity contribution < 1.29 is 4.79 Å². The molecule has 6 heteroatoms. The van der Waals surface area contributed by atoms with E-state index in [0.717, 1.165) is 32.4 Å². The number of rotatable bonds is 8. The fraction of sp³-hybridized carbons (Fsp3) is 0.480. The zero-order chi connectivity index (χ0) is 20.7. The highest BCUT2D eigenvalue weighted by molar-refractivity contribution is 5.85. The van der Waals surface area contributed by atoms with Gasteiger partial charge in [-0.2, -0.15) is 0 Å². The van der Waals surface area contributed by atoms with E-state index in [2.05, 4.69) is 77.1 Å². The number of piperidine rings is 1. The van der Waals surface area contributed by atoms with Crippen LogP contribution < -0.4 is 10.6 Å². The average molecular weight is 466 g/mol. The largest absolute Gasteiger partial charge is 0.342 e. The molecule has 0 aliphatic carbocycles. The molecule has 0 aromatic heterocycles. The molecule has 172 valence electrons. The molecule has 1 heterocycles. The molecule has 1 amide bonds. The van der Waals surface area contributed by atoms with Gasteiger partial charge in [0.2, 0.25) is 5.91 Å². The molecule has 2 N–H and O–H groups in total. The minimum atomic E-state index is -0.0415. The Kier molecular flexibility index (Phi) is 11.6. The molecule has 3 rings (SSSR count). The molecule has 0 saturated carbocycles. The van der Waals surface area contributed by atoms with Crippen molar-refractivity contribution in [2.75, 3.05) is 33.7 Å². The Morgan fingerprint density at radius 2 is 1.52 bits per heavy atom. The van der Waals surface area contributed by atoms with Crippen LogP contribution >= 0.6 is 24.8 Å². The summed E-state index contributed by atoms with van der Waals surface area (Å²) >= 11 is 0. The third-order valence-electron chi connectivity index (χ3n) is 6.63. The van der Waals surface area contributed by atoms with Crippen molar-refractivity contribution in [3.63, 3.8) is 0 Å². The molecule has 2 aromatic carbocycles. The maximum atomic E-state index is 13.6. The van der Waals surface area contributed by atoms with Gasteiger partial charge in [0.1, 0.15) is 0 Å². The number of nitrogens with one attached hydrogen (secondary N) is 2. The third-order valence-corrected chi connectivity index (χ3v) is 6.63. The quantitative estimate of drug-likeness (QED) is 0.598. The number of likely N-dealkylation sites (tertiary alicyclic amines) is 1. The van der Waals surface area contributed by atoms with Crippen LogP contribution in [0, 0.1) is 5.92 Å². The number of amides is 1. The molecule has 1 aliphatic rings. The minimum absolute atomic E-state index is 0. The van der Waals surface area contributed by atoms with Crippen molar-refractivity contribution in [2.24, 2.45) is 5.92 Å². The highest BCUT2D eigenvalue weighted by Gasteiger charge is 2.38. The molecule has 1 fully saturated rings. The zero-order valence-electron chi connectivity index (χ0n) is 18.8. The standard InChI is InChI=1S/C25H35N3O.2ClH/c1-4-22(20-11-7-5-8-12-20)23(19-26-2)24(29)28-17-15-25(27-3,16-18-28)21-13-9-6-10-14-21;;/h5-14,22-23,26-27H,4,15-19H2,1-3H3;2*1H. The lowest BCUT2D eigenvalue weighted by Crippen LogP contribution is -2.53. The number of hydrogen-bond donors (Lipinski definition) is 2. The Labute approximate surface area is 200 Å². The van der Waals surface area contributed by atoms with Crippen LogP contribution in [0.3, 0.4) is 0 Å². The predicted molar refractivity (Wildman–Crippen MR) is 134 cm³/mol. The first-order valence-corrected chi connectivity index (χ1v) is 10.9. The Hall–Kier alpha value is -1.59. The fourth-order valence-electron chi connectivity index (χ4n) is 4.86. The maximum Gasteiger partial charge on any atom is 0.227 e. The number of benzene rings is 2. The van der Waals surface area contributed by atoms with E-state index in [1.807, 2.05) is 20.2 Å².